The zero-order valence-corrected chi connectivity index (χ0v) is 12.8. The number of fused-ring (bicyclic) bond motifs is 3. The van der Waals surface area contributed by atoms with Crippen LogP contribution in [0.2, 0.25) is 5.15 Å². The Morgan fingerprint density at radius 2 is 2.16 bits per heavy atom. The summed E-state index contributed by atoms with van der Waals surface area (Å²) in [7, 11) is 0. The fourth-order valence-corrected chi connectivity index (χ4v) is 2.85. The van der Waals surface area contributed by atoms with E-state index in [4.69, 9.17) is 16.0 Å². The lowest BCUT2D eigenvalue weighted by Gasteiger charge is -2.00. The van der Waals surface area contributed by atoms with Gasteiger partial charge in [0.15, 0.2) is 16.6 Å². The number of halogens is 2. The first-order valence-electron chi connectivity index (χ1n) is 6.24. The molecule has 19 heavy (non-hydrogen) atoms. The van der Waals surface area contributed by atoms with Crippen molar-refractivity contribution in [3.05, 3.63) is 33.7 Å². The molecule has 0 aliphatic carbocycles. The second kappa shape index (κ2) is 5.10. The highest BCUT2D eigenvalue weighted by molar-refractivity contribution is 9.10. The Morgan fingerprint density at radius 3 is 2.95 bits per heavy atom. The number of aryl methyl sites for hydroxylation is 1. The number of nitrogens with zero attached hydrogens (tertiary/aromatic N) is 2. The standard InChI is InChI=1S/C14H12BrClN2O/c1-2-3-7-10-18-12-13(19-10)11-8(15)5-4-6-9(11)17-14(12)16/h4-6H,2-3,7H2,1H3. The number of oxazole rings is 1. The van der Waals surface area contributed by atoms with Crippen molar-refractivity contribution in [2.75, 3.05) is 0 Å². The van der Waals surface area contributed by atoms with Crippen LogP contribution in [0.15, 0.2) is 27.1 Å². The summed E-state index contributed by atoms with van der Waals surface area (Å²) in [5.74, 6) is 0.726. The zero-order chi connectivity index (χ0) is 13.4. The van der Waals surface area contributed by atoms with Gasteiger partial charge < -0.3 is 4.42 Å². The van der Waals surface area contributed by atoms with Crippen LogP contribution < -0.4 is 0 Å². The van der Waals surface area contributed by atoms with Crippen LogP contribution in [0.4, 0.5) is 0 Å². The average Bonchev–Trinajstić information content (AvgIpc) is 2.81. The van der Waals surface area contributed by atoms with Crippen LogP contribution in [0.25, 0.3) is 22.0 Å². The first kappa shape index (κ1) is 12.9. The lowest BCUT2D eigenvalue weighted by atomic mass is 10.2. The average molecular weight is 340 g/mol. The van der Waals surface area contributed by atoms with Crippen LogP contribution in [0.3, 0.4) is 0 Å². The van der Waals surface area contributed by atoms with Gasteiger partial charge in [0, 0.05) is 10.9 Å². The van der Waals surface area contributed by atoms with Crippen molar-refractivity contribution >= 4 is 49.5 Å². The summed E-state index contributed by atoms with van der Waals surface area (Å²) < 4.78 is 6.82. The second-order valence-corrected chi connectivity index (χ2v) is 5.64. The van der Waals surface area contributed by atoms with Crippen LogP contribution >= 0.6 is 27.5 Å². The molecule has 0 N–H and O–H groups in total. The molecule has 0 aliphatic heterocycles. The summed E-state index contributed by atoms with van der Waals surface area (Å²) in [6, 6.07) is 5.81. The fourth-order valence-electron chi connectivity index (χ4n) is 2.10. The molecule has 3 rings (SSSR count). The Hall–Kier alpha value is -1.13. The predicted octanol–water partition coefficient (Wildman–Crippen LogP) is 5.13. The molecule has 0 atom stereocenters. The molecule has 98 valence electrons. The van der Waals surface area contributed by atoms with Crippen molar-refractivity contribution in [1.29, 1.82) is 0 Å². The van der Waals surface area contributed by atoms with E-state index in [1.54, 1.807) is 0 Å². The Morgan fingerprint density at radius 1 is 1.32 bits per heavy atom. The molecule has 0 saturated heterocycles. The molecule has 0 unspecified atom stereocenters. The lowest BCUT2D eigenvalue weighted by Crippen LogP contribution is -1.84. The fraction of sp³-hybridized carbons (Fsp3) is 0.286. The molecule has 2 heterocycles. The highest BCUT2D eigenvalue weighted by Crippen LogP contribution is 2.34. The van der Waals surface area contributed by atoms with E-state index >= 15 is 0 Å². The number of hydrogen-bond acceptors (Lipinski definition) is 3. The van der Waals surface area contributed by atoms with E-state index in [1.807, 2.05) is 18.2 Å². The minimum absolute atomic E-state index is 0.395. The quantitative estimate of drug-likeness (QED) is 0.621. The minimum atomic E-state index is 0.395. The third kappa shape index (κ3) is 2.23. The number of benzene rings is 1. The van der Waals surface area contributed by atoms with Gasteiger partial charge in [0.1, 0.15) is 5.52 Å². The molecule has 2 aromatic heterocycles. The van der Waals surface area contributed by atoms with E-state index < -0.39 is 0 Å². The molecule has 3 aromatic rings. The number of rotatable bonds is 3. The van der Waals surface area contributed by atoms with Crippen molar-refractivity contribution in [3.63, 3.8) is 0 Å². The maximum absolute atomic E-state index is 6.19. The second-order valence-electron chi connectivity index (χ2n) is 4.43. The molecule has 0 fully saturated rings. The third-order valence-corrected chi connectivity index (χ3v) is 3.97. The van der Waals surface area contributed by atoms with Crippen molar-refractivity contribution in [2.45, 2.75) is 26.2 Å². The van der Waals surface area contributed by atoms with E-state index in [0.717, 1.165) is 40.5 Å². The molecular weight excluding hydrogens is 328 g/mol. The summed E-state index contributed by atoms with van der Waals surface area (Å²) in [5, 5.41) is 1.32. The van der Waals surface area contributed by atoms with E-state index in [9.17, 15) is 0 Å². The zero-order valence-electron chi connectivity index (χ0n) is 10.4. The first-order chi connectivity index (χ1) is 9.20. The van der Waals surface area contributed by atoms with Gasteiger partial charge in [-0.3, -0.25) is 0 Å². The molecular formula is C14H12BrClN2O. The summed E-state index contributed by atoms with van der Waals surface area (Å²) in [5.41, 5.74) is 2.17. The summed E-state index contributed by atoms with van der Waals surface area (Å²) in [4.78, 5) is 8.83. The Kier molecular flexibility index (Phi) is 3.46. The molecule has 0 aliphatic rings. The number of pyridine rings is 1. The van der Waals surface area contributed by atoms with Crippen LogP contribution in [0, 0.1) is 0 Å². The molecule has 1 aromatic carbocycles. The molecule has 3 nitrogen and oxygen atoms in total. The third-order valence-electron chi connectivity index (χ3n) is 3.05. The SMILES string of the molecule is CCCCc1nc2c(Cl)nc3cccc(Br)c3c2o1. The highest BCUT2D eigenvalue weighted by Gasteiger charge is 2.15. The van der Waals surface area contributed by atoms with Crippen LogP contribution in [-0.4, -0.2) is 9.97 Å². The monoisotopic (exact) mass is 338 g/mol. The minimum Gasteiger partial charge on any atom is -0.440 e. The van der Waals surface area contributed by atoms with Gasteiger partial charge in [-0.1, -0.05) is 31.0 Å². The van der Waals surface area contributed by atoms with Gasteiger partial charge >= 0.3 is 0 Å². The summed E-state index contributed by atoms with van der Waals surface area (Å²) in [6.07, 6.45) is 2.99. The van der Waals surface area contributed by atoms with Crippen molar-refractivity contribution in [3.8, 4) is 0 Å². The topological polar surface area (TPSA) is 38.9 Å². The largest absolute Gasteiger partial charge is 0.440 e. The van der Waals surface area contributed by atoms with Crippen LogP contribution in [0.1, 0.15) is 25.7 Å². The van der Waals surface area contributed by atoms with E-state index in [1.165, 1.54) is 0 Å². The van der Waals surface area contributed by atoms with Gasteiger partial charge in [0.2, 0.25) is 0 Å². The maximum atomic E-state index is 6.19. The molecule has 0 spiro atoms. The van der Waals surface area contributed by atoms with Gasteiger partial charge in [-0.2, -0.15) is 0 Å². The summed E-state index contributed by atoms with van der Waals surface area (Å²) >= 11 is 9.72. The molecule has 0 amide bonds. The van der Waals surface area contributed by atoms with Gasteiger partial charge in [0.25, 0.3) is 0 Å². The van der Waals surface area contributed by atoms with Gasteiger partial charge in [0.05, 0.1) is 10.9 Å². The van der Waals surface area contributed by atoms with E-state index in [0.29, 0.717) is 16.3 Å². The predicted molar refractivity (Wildman–Crippen MR) is 80.6 cm³/mol. The molecule has 0 saturated carbocycles. The van der Waals surface area contributed by atoms with Gasteiger partial charge in [-0.15, -0.1) is 0 Å². The smallest absolute Gasteiger partial charge is 0.195 e. The Balaban J connectivity index is 2.30. The van der Waals surface area contributed by atoms with Gasteiger partial charge in [-0.05, 0) is 34.5 Å². The number of hydrogen-bond donors (Lipinski definition) is 0. The highest BCUT2D eigenvalue weighted by atomic mass is 79.9. The Labute approximate surface area is 124 Å². The lowest BCUT2D eigenvalue weighted by molar-refractivity contribution is 0.519. The number of unbranched alkanes of at least 4 members (excludes halogenated alkanes) is 1. The van der Waals surface area contributed by atoms with E-state index in [-0.39, 0.29) is 0 Å². The molecule has 0 radical (unpaired) electrons. The molecule has 5 heteroatoms. The maximum Gasteiger partial charge on any atom is 0.195 e. The van der Waals surface area contributed by atoms with Crippen molar-refractivity contribution in [2.24, 2.45) is 0 Å². The van der Waals surface area contributed by atoms with Gasteiger partial charge in [-0.25, -0.2) is 9.97 Å². The van der Waals surface area contributed by atoms with Crippen molar-refractivity contribution < 1.29 is 4.42 Å². The summed E-state index contributed by atoms with van der Waals surface area (Å²) in [6.45, 7) is 2.14. The first-order valence-corrected chi connectivity index (χ1v) is 7.41. The van der Waals surface area contributed by atoms with Crippen LogP contribution in [-0.2, 0) is 6.42 Å². The van der Waals surface area contributed by atoms with Crippen LogP contribution in [0.5, 0.6) is 0 Å². The Bertz CT molecular complexity index is 754. The molecule has 0 bridgehead atoms. The normalized spacial score (nSPS) is 11.5. The van der Waals surface area contributed by atoms with E-state index in [2.05, 4.69) is 32.8 Å². The number of aromatic nitrogens is 2. The van der Waals surface area contributed by atoms with Crippen molar-refractivity contribution in [1.82, 2.24) is 9.97 Å².